The van der Waals surface area contributed by atoms with E-state index in [4.69, 9.17) is 11.5 Å². The van der Waals surface area contributed by atoms with Crippen molar-refractivity contribution < 1.29 is 14.7 Å². The number of nitrogens with zero attached hydrogens (tertiary/aromatic N) is 1. The molecule has 0 heterocycles. The summed E-state index contributed by atoms with van der Waals surface area (Å²) in [6.45, 7) is 1.69. The minimum atomic E-state index is -1.05. The lowest BCUT2D eigenvalue weighted by atomic mass is 10.2. The third-order valence-electron chi connectivity index (χ3n) is 2.28. The topological polar surface area (TPSA) is 69.6 Å². The molecule has 0 unspecified atom stereocenters. The molecule has 1 rings (SSSR count). The number of carbonyl (C=O) groups excluding carboxylic acids is 1. The van der Waals surface area contributed by atoms with Gasteiger partial charge in [-0.15, -0.1) is 6.42 Å². The van der Waals surface area contributed by atoms with Crippen molar-refractivity contribution in [2.75, 3.05) is 18.4 Å². The second-order valence-electron chi connectivity index (χ2n) is 3.56. The number of nitrogens with one attached hydrogen (secondary N) is 1. The van der Waals surface area contributed by atoms with Crippen LogP contribution in [0.5, 0.6) is 0 Å². The molecule has 2 N–H and O–H groups in total. The lowest BCUT2D eigenvalue weighted by Gasteiger charge is -2.19. The first-order chi connectivity index (χ1) is 8.56. The largest absolute Gasteiger partial charge is 0.480 e. The number of carboxylic acids is 1. The summed E-state index contributed by atoms with van der Waals surface area (Å²) in [6.07, 6.45) is 5.25. The molecule has 18 heavy (non-hydrogen) atoms. The van der Waals surface area contributed by atoms with Gasteiger partial charge in [-0.05, 0) is 25.1 Å². The summed E-state index contributed by atoms with van der Waals surface area (Å²) >= 11 is 0. The number of rotatable bonds is 4. The predicted molar refractivity (Wildman–Crippen MR) is 68.3 cm³/mol. The molecule has 0 aliphatic heterocycles. The number of aliphatic carboxylic acids is 1. The predicted octanol–water partition coefficient (Wildman–Crippen LogP) is 1.61. The Morgan fingerprint density at radius 3 is 2.78 bits per heavy atom. The van der Waals surface area contributed by atoms with Gasteiger partial charge in [0, 0.05) is 17.8 Å². The van der Waals surface area contributed by atoms with Crippen molar-refractivity contribution in [3.63, 3.8) is 0 Å². The lowest BCUT2D eigenvalue weighted by Crippen LogP contribution is -2.38. The van der Waals surface area contributed by atoms with Crippen LogP contribution in [-0.2, 0) is 4.79 Å². The molecule has 2 amide bonds. The Kier molecular flexibility index (Phi) is 4.76. The molecule has 5 nitrogen and oxygen atoms in total. The van der Waals surface area contributed by atoms with Gasteiger partial charge in [0.25, 0.3) is 0 Å². The number of urea groups is 1. The molecular weight excluding hydrogens is 232 g/mol. The van der Waals surface area contributed by atoms with E-state index in [0.717, 1.165) is 0 Å². The summed E-state index contributed by atoms with van der Waals surface area (Å²) < 4.78 is 0. The highest BCUT2D eigenvalue weighted by molar-refractivity contribution is 5.91. The molecule has 0 radical (unpaired) electrons. The molecular formula is C13H14N2O3. The van der Waals surface area contributed by atoms with Crippen molar-refractivity contribution in [1.29, 1.82) is 0 Å². The van der Waals surface area contributed by atoms with Crippen molar-refractivity contribution >= 4 is 17.7 Å². The van der Waals surface area contributed by atoms with E-state index in [1.807, 2.05) is 0 Å². The molecule has 1 aromatic carbocycles. The molecule has 0 aliphatic rings. The van der Waals surface area contributed by atoms with Gasteiger partial charge in [-0.2, -0.15) is 0 Å². The van der Waals surface area contributed by atoms with E-state index in [1.54, 1.807) is 31.2 Å². The van der Waals surface area contributed by atoms with Gasteiger partial charge in [0.05, 0.1) is 0 Å². The Bertz CT molecular complexity index is 491. The van der Waals surface area contributed by atoms with Crippen LogP contribution in [0.3, 0.4) is 0 Å². The van der Waals surface area contributed by atoms with Gasteiger partial charge in [-0.1, -0.05) is 12.0 Å². The van der Waals surface area contributed by atoms with Gasteiger partial charge in [-0.3, -0.25) is 4.79 Å². The Labute approximate surface area is 105 Å². The van der Waals surface area contributed by atoms with E-state index in [0.29, 0.717) is 17.8 Å². The zero-order chi connectivity index (χ0) is 13.5. The maximum absolute atomic E-state index is 11.8. The van der Waals surface area contributed by atoms with Gasteiger partial charge in [-0.25, -0.2) is 4.79 Å². The molecule has 0 atom stereocenters. The van der Waals surface area contributed by atoms with Crippen LogP contribution in [0.25, 0.3) is 0 Å². The summed E-state index contributed by atoms with van der Waals surface area (Å²) in [5.41, 5.74) is 1.19. The Morgan fingerprint density at radius 1 is 1.50 bits per heavy atom. The van der Waals surface area contributed by atoms with Crippen LogP contribution >= 0.6 is 0 Å². The van der Waals surface area contributed by atoms with Crippen LogP contribution in [0.2, 0.25) is 0 Å². The van der Waals surface area contributed by atoms with E-state index in [1.165, 1.54) is 4.90 Å². The Balaban J connectivity index is 2.73. The summed E-state index contributed by atoms with van der Waals surface area (Å²) in [4.78, 5) is 23.5. The second kappa shape index (κ2) is 6.30. The van der Waals surface area contributed by atoms with Gasteiger partial charge >= 0.3 is 12.0 Å². The van der Waals surface area contributed by atoms with Crippen molar-refractivity contribution in [2.45, 2.75) is 6.92 Å². The Hall–Kier alpha value is -2.48. The number of hydrogen-bond donors (Lipinski definition) is 2. The van der Waals surface area contributed by atoms with E-state index >= 15 is 0 Å². The van der Waals surface area contributed by atoms with Crippen LogP contribution < -0.4 is 5.32 Å². The van der Waals surface area contributed by atoms with E-state index in [9.17, 15) is 9.59 Å². The van der Waals surface area contributed by atoms with E-state index < -0.39 is 12.0 Å². The van der Waals surface area contributed by atoms with Crippen molar-refractivity contribution in [1.82, 2.24) is 4.90 Å². The quantitative estimate of drug-likeness (QED) is 0.793. The molecule has 0 saturated heterocycles. The SMILES string of the molecule is C#Cc1cccc(NC(=O)N(CC)CC(=O)O)c1. The van der Waals surface area contributed by atoms with Crippen LogP contribution in [0.15, 0.2) is 24.3 Å². The third kappa shape index (κ3) is 3.83. The number of amides is 2. The number of hydrogen-bond acceptors (Lipinski definition) is 2. The van der Waals surface area contributed by atoms with Crippen molar-refractivity contribution in [3.05, 3.63) is 29.8 Å². The van der Waals surface area contributed by atoms with Gasteiger partial charge < -0.3 is 15.3 Å². The minimum absolute atomic E-state index is 0.312. The molecule has 1 aromatic rings. The summed E-state index contributed by atoms with van der Waals surface area (Å²) in [7, 11) is 0. The zero-order valence-corrected chi connectivity index (χ0v) is 10.0. The highest BCUT2D eigenvalue weighted by Crippen LogP contribution is 2.10. The zero-order valence-electron chi connectivity index (χ0n) is 10.0. The molecule has 0 saturated carbocycles. The number of likely N-dealkylation sites (N-methyl/N-ethyl adjacent to an activating group) is 1. The Morgan fingerprint density at radius 2 is 2.22 bits per heavy atom. The van der Waals surface area contributed by atoms with Crippen LogP contribution in [0.1, 0.15) is 12.5 Å². The maximum atomic E-state index is 11.8. The molecule has 0 fully saturated rings. The average Bonchev–Trinajstić information content (AvgIpc) is 2.35. The third-order valence-corrected chi connectivity index (χ3v) is 2.28. The highest BCUT2D eigenvalue weighted by Gasteiger charge is 2.14. The van der Waals surface area contributed by atoms with E-state index in [-0.39, 0.29) is 6.54 Å². The van der Waals surface area contributed by atoms with Gasteiger partial charge in [0.15, 0.2) is 0 Å². The minimum Gasteiger partial charge on any atom is -0.480 e. The molecule has 0 spiro atoms. The highest BCUT2D eigenvalue weighted by atomic mass is 16.4. The normalized spacial score (nSPS) is 9.33. The smallest absolute Gasteiger partial charge is 0.323 e. The first kappa shape index (κ1) is 13.6. The number of anilines is 1. The van der Waals surface area contributed by atoms with Gasteiger partial charge in [0.1, 0.15) is 6.54 Å². The van der Waals surface area contributed by atoms with Crippen LogP contribution in [0, 0.1) is 12.3 Å². The van der Waals surface area contributed by atoms with Crippen molar-refractivity contribution in [2.24, 2.45) is 0 Å². The molecule has 0 aromatic heterocycles. The number of carboxylic acid groups (broad SMARTS) is 1. The standard InChI is InChI=1S/C13H14N2O3/c1-3-10-6-5-7-11(8-10)14-13(18)15(4-2)9-12(16)17/h1,5-8H,4,9H2,2H3,(H,14,18)(H,16,17). The van der Waals surface area contributed by atoms with Crippen LogP contribution in [-0.4, -0.2) is 35.1 Å². The fraction of sp³-hybridized carbons (Fsp3) is 0.231. The van der Waals surface area contributed by atoms with E-state index in [2.05, 4.69) is 11.2 Å². The fourth-order valence-corrected chi connectivity index (χ4v) is 1.38. The monoisotopic (exact) mass is 246 g/mol. The second-order valence-corrected chi connectivity index (χ2v) is 3.56. The number of terminal acetylenes is 1. The first-order valence-electron chi connectivity index (χ1n) is 5.41. The van der Waals surface area contributed by atoms with Crippen molar-refractivity contribution in [3.8, 4) is 12.3 Å². The maximum Gasteiger partial charge on any atom is 0.323 e. The fourth-order valence-electron chi connectivity index (χ4n) is 1.38. The average molecular weight is 246 g/mol. The lowest BCUT2D eigenvalue weighted by molar-refractivity contribution is -0.137. The molecule has 0 aliphatic carbocycles. The summed E-state index contributed by atoms with van der Waals surface area (Å²) in [6, 6.07) is 6.33. The molecule has 0 bridgehead atoms. The van der Waals surface area contributed by atoms with Gasteiger partial charge in [0.2, 0.25) is 0 Å². The number of benzene rings is 1. The molecule has 94 valence electrons. The number of carbonyl (C=O) groups is 2. The molecule has 5 heteroatoms. The first-order valence-corrected chi connectivity index (χ1v) is 5.41. The van der Waals surface area contributed by atoms with Crippen LogP contribution in [0.4, 0.5) is 10.5 Å². The summed E-state index contributed by atoms with van der Waals surface area (Å²) in [5, 5.41) is 11.3. The summed E-state index contributed by atoms with van der Waals surface area (Å²) in [5.74, 6) is 1.41.